The third kappa shape index (κ3) is 9.58. The van der Waals surface area contributed by atoms with Crippen LogP contribution in [-0.2, 0) is 31.2 Å². The molecule has 0 heterocycles. The van der Waals surface area contributed by atoms with Gasteiger partial charge in [-0.15, -0.1) is 0 Å². The predicted molar refractivity (Wildman–Crippen MR) is 248 cm³/mol. The number of rotatable bonds is 17. The van der Waals surface area contributed by atoms with Gasteiger partial charge in [-0.3, -0.25) is 14.3 Å². The van der Waals surface area contributed by atoms with Gasteiger partial charge in [0.15, 0.2) is 18.0 Å². The number of hydrogen-bond donors (Lipinski definition) is 4. The number of benzene rings is 5. The molecule has 0 aromatic heterocycles. The van der Waals surface area contributed by atoms with Crippen molar-refractivity contribution in [1.82, 2.24) is 4.72 Å². The largest absolute Gasteiger partial charge is 0.506 e. The molecular weight excluding hydrogens is 836 g/mol. The summed E-state index contributed by atoms with van der Waals surface area (Å²) in [6.07, 6.45) is 2.51. The van der Waals surface area contributed by atoms with E-state index in [2.05, 4.69) is 62.6 Å². The Bertz CT molecular complexity index is 2700. The summed E-state index contributed by atoms with van der Waals surface area (Å²) >= 11 is 5.99. The first kappa shape index (κ1) is 46.7. The van der Waals surface area contributed by atoms with E-state index in [1.54, 1.807) is 30.3 Å². The van der Waals surface area contributed by atoms with Crippen molar-refractivity contribution < 1.29 is 33.0 Å². The van der Waals surface area contributed by atoms with E-state index in [1.165, 1.54) is 66.2 Å². The minimum Gasteiger partial charge on any atom is -0.506 e. The van der Waals surface area contributed by atoms with Crippen molar-refractivity contribution in [3.63, 3.8) is 0 Å². The van der Waals surface area contributed by atoms with Crippen molar-refractivity contribution in [3.8, 4) is 11.5 Å². The second kappa shape index (κ2) is 18.5. The van der Waals surface area contributed by atoms with E-state index in [0.29, 0.717) is 34.7 Å². The molecule has 0 saturated carbocycles. The van der Waals surface area contributed by atoms with Gasteiger partial charge in [-0.25, -0.2) is 8.42 Å². The summed E-state index contributed by atoms with van der Waals surface area (Å²) < 4.78 is 37.8. The monoisotopic (exact) mass is 890 g/mol. The number of ether oxygens (including phenoxy) is 1. The number of Topliss-reactive ketones (excluding diaryl/α,β-unsaturated/α-hetero) is 1. The number of nitrogens with zero attached hydrogens (tertiary/aromatic N) is 2. The van der Waals surface area contributed by atoms with Crippen LogP contribution in [0.5, 0.6) is 11.5 Å². The van der Waals surface area contributed by atoms with E-state index in [4.69, 9.17) is 22.1 Å². The fraction of sp³-hybridized carbons (Fsp3) is 0.320. The van der Waals surface area contributed by atoms with Gasteiger partial charge in [0, 0.05) is 28.2 Å². The Morgan fingerprint density at radius 2 is 1.49 bits per heavy atom. The highest BCUT2D eigenvalue weighted by Gasteiger charge is 2.51. The molecule has 11 nitrogen and oxygen atoms in total. The average Bonchev–Trinajstić information content (AvgIpc) is 3.27. The predicted octanol–water partition coefficient (Wildman–Crippen LogP) is 11.0. The Morgan fingerprint density at radius 1 is 0.841 bits per heavy atom. The zero-order chi connectivity index (χ0) is 45.9. The van der Waals surface area contributed by atoms with Crippen LogP contribution < -0.4 is 15.2 Å². The summed E-state index contributed by atoms with van der Waals surface area (Å²) in [4.78, 5) is 27.6. The summed E-state index contributed by atoms with van der Waals surface area (Å²) in [5.74, 6) is -1.98. The Labute approximate surface area is 375 Å². The second-order valence-corrected chi connectivity index (χ2v) is 19.3. The van der Waals surface area contributed by atoms with Crippen LogP contribution in [0.25, 0.3) is 11.3 Å². The maximum absolute atomic E-state index is 14.4. The van der Waals surface area contributed by atoms with Gasteiger partial charge in [-0.2, -0.15) is 10.2 Å². The molecule has 0 radical (unpaired) electrons. The number of phenolic OH excluding ortho intramolecular Hbond substituents is 1. The summed E-state index contributed by atoms with van der Waals surface area (Å²) in [5, 5.41) is 30.8. The number of azo groups is 1. The van der Waals surface area contributed by atoms with E-state index in [9.17, 15) is 28.2 Å². The molecule has 1 aliphatic rings. The van der Waals surface area contributed by atoms with Gasteiger partial charge in [-0.1, -0.05) is 121 Å². The number of ketones is 1. The number of aliphatic hydroxyl groups is 1. The van der Waals surface area contributed by atoms with Crippen LogP contribution in [0.3, 0.4) is 0 Å². The maximum atomic E-state index is 14.4. The zero-order valence-corrected chi connectivity index (χ0v) is 38.3. The quantitative estimate of drug-likeness (QED) is 0.0529. The maximum Gasteiger partial charge on any atom is 0.261 e. The molecule has 2 unspecified atom stereocenters. The van der Waals surface area contributed by atoms with E-state index >= 15 is 0 Å². The lowest BCUT2D eigenvalue weighted by Crippen LogP contribution is -2.51. The van der Waals surface area contributed by atoms with Crippen molar-refractivity contribution in [1.29, 1.82) is 0 Å². The van der Waals surface area contributed by atoms with Gasteiger partial charge in [0.1, 0.15) is 11.5 Å². The highest BCUT2D eigenvalue weighted by Crippen LogP contribution is 2.51. The summed E-state index contributed by atoms with van der Waals surface area (Å²) in [7, 11) is -4.34. The van der Waals surface area contributed by atoms with Gasteiger partial charge in [-0.05, 0) is 101 Å². The van der Waals surface area contributed by atoms with E-state index < -0.39 is 33.2 Å². The summed E-state index contributed by atoms with van der Waals surface area (Å²) in [6.45, 7) is 14.5. The number of amides is 1. The van der Waals surface area contributed by atoms with Crippen LogP contribution in [0.15, 0.2) is 124 Å². The molecule has 5 N–H and O–H groups in total. The Hall–Kier alpha value is -5.82. The molecule has 0 aliphatic heterocycles. The van der Waals surface area contributed by atoms with Crippen molar-refractivity contribution in [3.05, 3.63) is 148 Å². The topological polar surface area (TPSA) is 181 Å². The number of nitrogens with two attached hydrogens (primary N) is 1. The molecule has 0 bridgehead atoms. The van der Waals surface area contributed by atoms with Crippen molar-refractivity contribution in [2.45, 2.75) is 95.5 Å². The molecule has 63 heavy (non-hydrogen) atoms. The average molecular weight is 892 g/mol. The van der Waals surface area contributed by atoms with Gasteiger partial charge in [0.05, 0.1) is 27.0 Å². The van der Waals surface area contributed by atoms with Crippen LogP contribution in [-0.4, -0.2) is 36.9 Å². The molecule has 5 aromatic carbocycles. The molecule has 13 heteroatoms. The number of fused-ring (bicyclic) bond motifs is 1. The van der Waals surface area contributed by atoms with Crippen molar-refractivity contribution in [2.75, 3.05) is 6.61 Å². The third-order valence-corrected chi connectivity index (χ3v) is 14.1. The van der Waals surface area contributed by atoms with Crippen molar-refractivity contribution in [2.24, 2.45) is 21.9 Å². The molecule has 0 saturated heterocycles. The zero-order valence-electron chi connectivity index (χ0n) is 36.7. The van der Waals surface area contributed by atoms with E-state index in [0.717, 1.165) is 18.4 Å². The van der Waals surface area contributed by atoms with Crippen molar-refractivity contribution >= 4 is 56.0 Å². The fourth-order valence-corrected chi connectivity index (χ4v) is 9.05. The first-order valence-corrected chi connectivity index (χ1v) is 22.9. The molecule has 330 valence electrons. The van der Waals surface area contributed by atoms with Crippen LogP contribution in [0, 0.1) is 5.92 Å². The first-order chi connectivity index (χ1) is 29.8. The van der Waals surface area contributed by atoms with Gasteiger partial charge < -0.3 is 20.7 Å². The molecule has 0 fully saturated rings. The molecule has 0 spiro atoms. The summed E-state index contributed by atoms with van der Waals surface area (Å²) in [6, 6.07) is 29.6. The molecule has 1 amide bonds. The summed E-state index contributed by atoms with van der Waals surface area (Å²) in [5.41, 5.74) is 7.77. The Morgan fingerprint density at radius 3 is 2.11 bits per heavy atom. The molecule has 2 atom stereocenters. The minimum absolute atomic E-state index is 0.000676. The molecule has 1 aliphatic carbocycles. The highest BCUT2D eigenvalue weighted by molar-refractivity contribution is 7.89. The standard InChI is InChI=1S/C50H55ClN4O7S/c1-8-14-38-45(31-15-12-11-13-16-31)46(55-63(60,61)36-22-19-34(20-23-36)53-54-35-21-25-42(56)41(51)29-35)37-24-17-32(27-39(37)50(38,59)47(52)58)43(57)30-62-44-26-18-33(48(4,5)9-2)28-40(44)49(6,7)10-3/h11-13,15-29,38,55-56,59H,8-10,14,30H2,1-7H3,(H2,52,58). The van der Waals surface area contributed by atoms with Gasteiger partial charge >= 0.3 is 0 Å². The Kier molecular flexibility index (Phi) is 13.7. The number of nitrogens with one attached hydrogen (secondary N) is 1. The number of carbonyl (C=O) groups excluding carboxylic acids is 2. The van der Waals surface area contributed by atoms with Crippen LogP contribution in [0.4, 0.5) is 11.4 Å². The second-order valence-electron chi connectivity index (χ2n) is 17.2. The molecular formula is C50H55ClN4O7S. The van der Waals surface area contributed by atoms with Crippen LogP contribution >= 0.6 is 11.6 Å². The van der Waals surface area contributed by atoms with Gasteiger partial charge in [0.25, 0.3) is 15.9 Å². The van der Waals surface area contributed by atoms with E-state index in [1.807, 2.05) is 19.1 Å². The lowest BCUT2D eigenvalue weighted by molar-refractivity contribution is -0.141. The SMILES string of the molecule is CCCC1C(c2ccccc2)=C(NS(=O)(=O)c2ccc(N=Nc3ccc(O)c(Cl)c3)cc2)c2ccc(C(=O)COc3ccc(C(C)(C)CC)cc3C(C)(C)CC)cc2C1(O)C(N)=O. The van der Waals surface area contributed by atoms with E-state index in [-0.39, 0.29) is 61.9 Å². The van der Waals surface area contributed by atoms with Gasteiger partial charge in [0.2, 0.25) is 0 Å². The highest BCUT2D eigenvalue weighted by atomic mass is 35.5. The number of halogens is 1. The number of primary amides is 1. The number of phenols is 1. The number of carbonyl (C=O) groups is 2. The van der Waals surface area contributed by atoms with Crippen LogP contribution in [0.2, 0.25) is 5.02 Å². The van der Waals surface area contributed by atoms with Crippen LogP contribution in [0.1, 0.15) is 112 Å². The minimum atomic E-state index is -4.34. The number of aromatic hydroxyl groups is 1. The fourth-order valence-electron chi connectivity index (χ4n) is 7.77. The third-order valence-electron chi connectivity index (χ3n) is 12.4. The lowest BCUT2D eigenvalue weighted by Gasteiger charge is -2.42. The Balaban J connectivity index is 1.41. The normalized spacial score (nSPS) is 16.8. The smallest absolute Gasteiger partial charge is 0.261 e. The lowest BCUT2D eigenvalue weighted by atomic mass is 9.66. The number of hydrogen-bond acceptors (Lipinski definition) is 9. The molecule has 6 rings (SSSR count). The molecule has 5 aromatic rings. The number of sulfonamides is 1. The first-order valence-electron chi connectivity index (χ1n) is 21.1.